The number of nitro groups is 1. The molecule has 0 bridgehead atoms. The van der Waals surface area contributed by atoms with E-state index in [4.69, 9.17) is 0 Å². The molecule has 6 nitrogen and oxygen atoms in total. The van der Waals surface area contributed by atoms with Crippen LogP contribution in [0.2, 0.25) is 0 Å². The zero-order chi connectivity index (χ0) is 11.5. The molecule has 0 unspecified atom stereocenters. The molecule has 0 radical (unpaired) electrons. The largest absolute Gasteiger partial charge is 0.287 e. The molecular weight excluding hydrogens is 210 g/mol. The second kappa shape index (κ2) is 3.93. The van der Waals surface area contributed by atoms with Gasteiger partial charge in [-0.1, -0.05) is 12.1 Å². The minimum Gasteiger partial charge on any atom is -0.287 e. The number of ketones is 1. The van der Waals surface area contributed by atoms with Crippen LogP contribution in [0.4, 0.5) is 5.69 Å². The third-order valence-corrected chi connectivity index (χ3v) is 2.08. The van der Waals surface area contributed by atoms with Crippen LogP contribution in [-0.4, -0.2) is 20.9 Å². The quantitative estimate of drug-likeness (QED) is 0.479. The fourth-order valence-electron chi connectivity index (χ4n) is 1.35. The van der Waals surface area contributed by atoms with Crippen molar-refractivity contribution in [2.24, 2.45) is 0 Å². The van der Waals surface area contributed by atoms with Gasteiger partial charge in [-0.25, -0.2) is 0 Å². The number of nitrogens with zero attached hydrogens (tertiary/aromatic N) is 2. The van der Waals surface area contributed by atoms with E-state index in [1.165, 1.54) is 30.5 Å². The van der Waals surface area contributed by atoms with E-state index in [0.29, 0.717) is 0 Å². The summed E-state index contributed by atoms with van der Waals surface area (Å²) in [6, 6.07) is 7.26. The highest BCUT2D eigenvalue weighted by Gasteiger charge is 2.21. The Morgan fingerprint density at radius 3 is 2.69 bits per heavy atom. The lowest BCUT2D eigenvalue weighted by Gasteiger charge is -1.98. The topological polar surface area (TPSA) is 88.9 Å². The third kappa shape index (κ3) is 1.68. The van der Waals surface area contributed by atoms with Gasteiger partial charge in [-0.3, -0.25) is 20.0 Å². The van der Waals surface area contributed by atoms with Gasteiger partial charge in [0.15, 0.2) is 0 Å². The second-order valence-electron chi connectivity index (χ2n) is 3.06. The van der Waals surface area contributed by atoms with Crippen LogP contribution in [0.3, 0.4) is 0 Å². The molecule has 0 aliphatic rings. The first-order chi connectivity index (χ1) is 7.70. The van der Waals surface area contributed by atoms with Gasteiger partial charge in [0.25, 0.3) is 5.69 Å². The maximum atomic E-state index is 11.8. The van der Waals surface area contributed by atoms with Gasteiger partial charge in [0.1, 0.15) is 11.3 Å². The number of aromatic amines is 1. The van der Waals surface area contributed by atoms with Crippen LogP contribution in [0.1, 0.15) is 16.1 Å². The standard InChI is InChI=1S/C10H7N3O3/c14-10(8-5-6-11-12-8)7-3-1-2-4-9(7)13(15)16/h1-6H,(H,11,12). The molecule has 0 saturated carbocycles. The number of rotatable bonds is 3. The van der Waals surface area contributed by atoms with Gasteiger partial charge in [-0.15, -0.1) is 0 Å². The average molecular weight is 217 g/mol. The van der Waals surface area contributed by atoms with Crippen molar-refractivity contribution in [3.05, 3.63) is 57.9 Å². The summed E-state index contributed by atoms with van der Waals surface area (Å²) in [7, 11) is 0. The van der Waals surface area contributed by atoms with E-state index in [1.807, 2.05) is 0 Å². The van der Waals surface area contributed by atoms with Gasteiger partial charge in [0.2, 0.25) is 5.78 Å². The Balaban J connectivity index is 2.49. The summed E-state index contributed by atoms with van der Waals surface area (Å²) in [5.74, 6) is -0.464. The summed E-state index contributed by atoms with van der Waals surface area (Å²) in [5.41, 5.74) is -0.00981. The Hall–Kier alpha value is -2.50. The molecule has 2 rings (SSSR count). The minimum absolute atomic E-state index is 0.0413. The Labute approximate surface area is 90.1 Å². The molecule has 1 aromatic heterocycles. The van der Waals surface area contributed by atoms with Gasteiger partial charge >= 0.3 is 0 Å². The molecule has 0 saturated heterocycles. The monoisotopic (exact) mass is 217 g/mol. The van der Waals surface area contributed by atoms with E-state index < -0.39 is 10.7 Å². The molecule has 2 aromatic rings. The molecule has 1 aromatic carbocycles. The van der Waals surface area contributed by atoms with Crippen LogP contribution in [-0.2, 0) is 0 Å². The predicted molar refractivity (Wildman–Crippen MR) is 55.1 cm³/mol. The van der Waals surface area contributed by atoms with Crippen molar-refractivity contribution in [3.63, 3.8) is 0 Å². The first-order valence-corrected chi connectivity index (χ1v) is 4.48. The summed E-state index contributed by atoms with van der Waals surface area (Å²) < 4.78 is 0. The number of nitrogens with one attached hydrogen (secondary N) is 1. The fourth-order valence-corrected chi connectivity index (χ4v) is 1.35. The molecule has 0 aliphatic heterocycles. The third-order valence-electron chi connectivity index (χ3n) is 2.08. The molecule has 0 spiro atoms. The lowest BCUT2D eigenvalue weighted by Crippen LogP contribution is -2.05. The first kappa shape index (κ1) is 10.0. The summed E-state index contributed by atoms with van der Waals surface area (Å²) >= 11 is 0. The zero-order valence-electron chi connectivity index (χ0n) is 8.08. The molecular formula is C10H7N3O3. The molecule has 80 valence electrons. The van der Waals surface area contributed by atoms with E-state index in [1.54, 1.807) is 6.07 Å². The summed E-state index contributed by atoms with van der Waals surface area (Å²) in [4.78, 5) is 22.0. The lowest BCUT2D eigenvalue weighted by molar-refractivity contribution is -0.385. The molecule has 1 N–H and O–H groups in total. The number of aromatic nitrogens is 2. The number of carbonyl (C=O) groups is 1. The summed E-state index contributed by atoms with van der Waals surface area (Å²) in [6.07, 6.45) is 1.49. The van der Waals surface area contributed by atoms with Gasteiger partial charge in [0, 0.05) is 12.3 Å². The van der Waals surface area contributed by atoms with Crippen molar-refractivity contribution in [2.45, 2.75) is 0 Å². The SMILES string of the molecule is O=C(c1cc[nH]n1)c1ccccc1[N+](=O)[O-]. The van der Waals surface area contributed by atoms with E-state index in [9.17, 15) is 14.9 Å². The highest BCUT2D eigenvalue weighted by molar-refractivity contribution is 6.10. The number of hydrogen-bond acceptors (Lipinski definition) is 4. The Bertz CT molecular complexity index is 534. The number of nitro benzene ring substituents is 1. The first-order valence-electron chi connectivity index (χ1n) is 4.48. The summed E-state index contributed by atoms with van der Waals surface area (Å²) in [6.45, 7) is 0. The van der Waals surface area contributed by atoms with Crippen molar-refractivity contribution < 1.29 is 9.72 Å². The number of para-hydroxylation sites is 1. The van der Waals surface area contributed by atoms with E-state index in [-0.39, 0.29) is 16.9 Å². The number of hydrogen-bond donors (Lipinski definition) is 1. The van der Waals surface area contributed by atoms with Gasteiger partial charge in [0.05, 0.1) is 4.92 Å². The normalized spacial score (nSPS) is 10.0. The highest BCUT2D eigenvalue weighted by Crippen LogP contribution is 2.20. The van der Waals surface area contributed by atoms with Crippen molar-refractivity contribution >= 4 is 11.5 Å². The number of carbonyl (C=O) groups excluding carboxylic acids is 1. The molecule has 1 heterocycles. The molecule has 0 aliphatic carbocycles. The maximum absolute atomic E-state index is 11.8. The van der Waals surface area contributed by atoms with Crippen LogP contribution in [0.25, 0.3) is 0 Å². The van der Waals surface area contributed by atoms with Gasteiger partial charge < -0.3 is 0 Å². The van der Waals surface area contributed by atoms with E-state index >= 15 is 0 Å². The van der Waals surface area contributed by atoms with E-state index in [2.05, 4.69) is 10.2 Å². The minimum atomic E-state index is -0.583. The molecule has 16 heavy (non-hydrogen) atoms. The van der Waals surface area contributed by atoms with Crippen LogP contribution in [0.5, 0.6) is 0 Å². The van der Waals surface area contributed by atoms with Crippen molar-refractivity contribution in [3.8, 4) is 0 Å². The molecule has 6 heteroatoms. The average Bonchev–Trinajstić information content (AvgIpc) is 2.81. The zero-order valence-corrected chi connectivity index (χ0v) is 8.08. The van der Waals surface area contributed by atoms with Crippen molar-refractivity contribution in [2.75, 3.05) is 0 Å². The Morgan fingerprint density at radius 1 is 1.31 bits per heavy atom. The van der Waals surface area contributed by atoms with Crippen LogP contribution < -0.4 is 0 Å². The van der Waals surface area contributed by atoms with E-state index in [0.717, 1.165) is 0 Å². The predicted octanol–water partition coefficient (Wildman–Crippen LogP) is 1.55. The van der Waals surface area contributed by atoms with Crippen LogP contribution in [0, 0.1) is 10.1 Å². The summed E-state index contributed by atoms with van der Waals surface area (Å²) in [5, 5.41) is 16.9. The lowest BCUT2D eigenvalue weighted by atomic mass is 10.1. The molecule has 0 atom stereocenters. The van der Waals surface area contributed by atoms with Gasteiger partial charge in [-0.2, -0.15) is 5.10 Å². The highest BCUT2D eigenvalue weighted by atomic mass is 16.6. The van der Waals surface area contributed by atoms with Crippen LogP contribution >= 0.6 is 0 Å². The smallest absolute Gasteiger partial charge is 0.280 e. The molecule has 0 amide bonds. The van der Waals surface area contributed by atoms with Crippen molar-refractivity contribution in [1.82, 2.24) is 10.2 Å². The second-order valence-corrected chi connectivity index (χ2v) is 3.06. The Kier molecular flexibility index (Phi) is 2.47. The molecule has 0 fully saturated rings. The Morgan fingerprint density at radius 2 is 2.06 bits per heavy atom. The van der Waals surface area contributed by atoms with Gasteiger partial charge in [-0.05, 0) is 12.1 Å². The van der Waals surface area contributed by atoms with Crippen molar-refractivity contribution in [1.29, 1.82) is 0 Å². The number of H-pyrrole nitrogens is 1. The fraction of sp³-hybridized carbons (Fsp3) is 0. The van der Waals surface area contributed by atoms with Crippen LogP contribution in [0.15, 0.2) is 36.5 Å². The number of benzene rings is 1. The maximum Gasteiger partial charge on any atom is 0.280 e.